The highest BCUT2D eigenvalue weighted by Crippen LogP contribution is 2.08. The fraction of sp³-hybridized carbons (Fsp3) is 0.467. The number of amides is 1. The fourth-order valence-electron chi connectivity index (χ4n) is 1.62. The standard InChI is InChI=1S/C15H20N2O5/c1-15(2,3)22-14(20)16-6-5-11-7-10(9-18)8-12(17-11)13(19)21-4/h7-9H,5-6H2,1-4H3,(H,16,20). The molecule has 1 aromatic rings. The Morgan fingerprint density at radius 3 is 2.55 bits per heavy atom. The molecule has 0 unspecified atom stereocenters. The van der Waals surface area contributed by atoms with E-state index >= 15 is 0 Å². The van der Waals surface area contributed by atoms with Gasteiger partial charge in [-0.1, -0.05) is 0 Å². The Bertz CT molecular complexity index is 564. The van der Waals surface area contributed by atoms with Gasteiger partial charge in [-0.2, -0.15) is 0 Å². The molecule has 1 rings (SSSR count). The molecule has 0 radical (unpaired) electrons. The van der Waals surface area contributed by atoms with Crippen molar-refractivity contribution in [1.82, 2.24) is 10.3 Å². The molecule has 0 aliphatic rings. The molecule has 7 nitrogen and oxygen atoms in total. The van der Waals surface area contributed by atoms with Gasteiger partial charge in [0, 0.05) is 24.2 Å². The van der Waals surface area contributed by atoms with Crippen LogP contribution in [0, 0.1) is 0 Å². The van der Waals surface area contributed by atoms with Crippen LogP contribution in [0.3, 0.4) is 0 Å². The predicted molar refractivity (Wildman–Crippen MR) is 78.9 cm³/mol. The summed E-state index contributed by atoms with van der Waals surface area (Å²) in [5.74, 6) is -0.620. The highest BCUT2D eigenvalue weighted by atomic mass is 16.6. The van der Waals surface area contributed by atoms with Crippen LogP contribution in [0.4, 0.5) is 4.79 Å². The second-order valence-corrected chi connectivity index (χ2v) is 5.57. The van der Waals surface area contributed by atoms with Gasteiger partial charge in [0.05, 0.1) is 7.11 Å². The van der Waals surface area contributed by atoms with E-state index in [2.05, 4.69) is 15.0 Å². The molecule has 0 saturated heterocycles. The normalized spacial score (nSPS) is 10.7. The third-order valence-corrected chi connectivity index (χ3v) is 2.48. The van der Waals surface area contributed by atoms with E-state index in [-0.39, 0.29) is 12.2 Å². The third kappa shape index (κ3) is 5.90. The lowest BCUT2D eigenvalue weighted by Crippen LogP contribution is -2.33. The summed E-state index contributed by atoms with van der Waals surface area (Å²) >= 11 is 0. The molecule has 1 aromatic heterocycles. The molecule has 1 heterocycles. The highest BCUT2D eigenvalue weighted by Gasteiger charge is 2.16. The number of alkyl carbamates (subject to hydrolysis) is 1. The van der Waals surface area contributed by atoms with Gasteiger partial charge in [-0.3, -0.25) is 4.79 Å². The number of nitrogens with zero attached hydrogens (tertiary/aromatic N) is 1. The first kappa shape index (κ1) is 17.6. The maximum absolute atomic E-state index is 11.5. The first-order valence-electron chi connectivity index (χ1n) is 6.76. The predicted octanol–water partition coefficient (Wildman–Crippen LogP) is 1.75. The van der Waals surface area contributed by atoms with Crippen molar-refractivity contribution in [2.75, 3.05) is 13.7 Å². The Morgan fingerprint density at radius 2 is 2.00 bits per heavy atom. The SMILES string of the molecule is COC(=O)c1cc(C=O)cc(CCNC(=O)OC(C)(C)C)n1. The lowest BCUT2D eigenvalue weighted by Gasteiger charge is -2.19. The van der Waals surface area contributed by atoms with Gasteiger partial charge in [0.25, 0.3) is 0 Å². The van der Waals surface area contributed by atoms with Crippen molar-refractivity contribution in [2.24, 2.45) is 0 Å². The van der Waals surface area contributed by atoms with Crippen LogP contribution < -0.4 is 5.32 Å². The maximum atomic E-state index is 11.5. The van der Waals surface area contributed by atoms with Crippen LogP contribution in [-0.4, -0.2) is 42.6 Å². The zero-order valence-electron chi connectivity index (χ0n) is 13.1. The van der Waals surface area contributed by atoms with Gasteiger partial charge in [0.15, 0.2) is 0 Å². The van der Waals surface area contributed by atoms with Crippen LogP contribution in [0.25, 0.3) is 0 Å². The Morgan fingerprint density at radius 1 is 1.32 bits per heavy atom. The molecule has 0 aromatic carbocycles. The minimum Gasteiger partial charge on any atom is -0.464 e. The summed E-state index contributed by atoms with van der Waals surface area (Å²) in [7, 11) is 1.24. The molecule has 0 fully saturated rings. The zero-order chi connectivity index (χ0) is 16.8. The summed E-state index contributed by atoms with van der Waals surface area (Å²) in [6.45, 7) is 5.57. The average Bonchev–Trinajstić information content (AvgIpc) is 2.44. The highest BCUT2D eigenvalue weighted by molar-refractivity contribution is 5.89. The molecule has 0 spiro atoms. The van der Waals surface area contributed by atoms with E-state index in [1.807, 2.05) is 0 Å². The molecule has 120 valence electrons. The Balaban J connectivity index is 2.67. The van der Waals surface area contributed by atoms with Gasteiger partial charge in [-0.15, -0.1) is 0 Å². The van der Waals surface area contributed by atoms with E-state index in [4.69, 9.17) is 4.74 Å². The molecular formula is C15H20N2O5. The first-order chi connectivity index (χ1) is 10.2. The Hall–Kier alpha value is -2.44. The van der Waals surface area contributed by atoms with Crippen LogP contribution in [0.5, 0.6) is 0 Å². The van der Waals surface area contributed by atoms with Crippen LogP contribution in [-0.2, 0) is 15.9 Å². The fourth-order valence-corrected chi connectivity index (χ4v) is 1.62. The molecule has 0 saturated carbocycles. The summed E-state index contributed by atoms with van der Waals surface area (Å²) in [4.78, 5) is 38.0. The molecule has 1 amide bonds. The topological polar surface area (TPSA) is 94.6 Å². The summed E-state index contributed by atoms with van der Waals surface area (Å²) in [5, 5.41) is 2.58. The second-order valence-electron chi connectivity index (χ2n) is 5.57. The molecule has 0 aliphatic heterocycles. The molecule has 1 N–H and O–H groups in total. The average molecular weight is 308 g/mol. The molecule has 7 heteroatoms. The number of rotatable bonds is 5. The number of hydrogen-bond donors (Lipinski definition) is 1. The van der Waals surface area contributed by atoms with Crippen molar-refractivity contribution in [3.05, 3.63) is 29.1 Å². The summed E-state index contributed by atoms with van der Waals surface area (Å²) in [6.07, 6.45) is 0.441. The molecule has 22 heavy (non-hydrogen) atoms. The quantitative estimate of drug-likeness (QED) is 0.658. The first-order valence-corrected chi connectivity index (χ1v) is 6.76. The van der Waals surface area contributed by atoms with Gasteiger partial charge in [0.1, 0.15) is 17.6 Å². The lowest BCUT2D eigenvalue weighted by atomic mass is 10.1. The number of hydrogen-bond acceptors (Lipinski definition) is 6. The Kier molecular flexibility index (Phi) is 6.03. The number of pyridine rings is 1. The molecule has 0 aliphatic carbocycles. The maximum Gasteiger partial charge on any atom is 0.407 e. The van der Waals surface area contributed by atoms with E-state index in [9.17, 15) is 14.4 Å². The minimum atomic E-state index is -0.620. The number of methoxy groups -OCH3 is 1. The van der Waals surface area contributed by atoms with Crippen LogP contribution >= 0.6 is 0 Å². The Labute approximate surface area is 129 Å². The van der Waals surface area contributed by atoms with Crippen LogP contribution in [0.1, 0.15) is 47.3 Å². The number of ether oxygens (including phenoxy) is 2. The summed E-state index contributed by atoms with van der Waals surface area (Å²) < 4.78 is 9.68. The number of nitrogens with one attached hydrogen (secondary N) is 1. The molecule has 0 atom stereocenters. The number of carbonyl (C=O) groups excluding carboxylic acids is 3. The van der Waals surface area contributed by atoms with Crippen molar-refractivity contribution in [2.45, 2.75) is 32.8 Å². The van der Waals surface area contributed by atoms with E-state index < -0.39 is 17.7 Å². The summed E-state index contributed by atoms with van der Waals surface area (Å²) in [6, 6.07) is 2.90. The molecular weight excluding hydrogens is 288 g/mol. The van der Waals surface area contributed by atoms with Crippen LogP contribution in [0.15, 0.2) is 12.1 Å². The number of esters is 1. The van der Waals surface area contributed by atoms with Crippen molar-refractivity contribution in [3.63, 3.8) is 0 Å². The van der Waals surface area contributed by atoms with Crippen molar-refractivity contribution in [3.8, 4) is 0 Å². The minimum absolute atomic E-state index is 0.0550. The number of carbonyl (C=O) groups is 3. The van der Waals surface area contributed by atoms with Gasteiger partial charge >= 0.3 is 12.1 Å². The molecule has 0 bridgehead atoms. The van der Waals surface area contributed by atoms with Gasteiger partial charge in [0.2, 0.25) is 0 Å². The van der Waals surface area contributed by atoms with E-state index in [0.29, 0.717) is 24.0 Å². The zero-order valence-corrected chi connectivity index (χ0v) is 13.1. The van der Waals surface area contributed by atoms with Crippen molar-refractivity contribution < 1.29 is 23.9 Å². The van der Waals surface area contributed by atoms with E-state index in [0.717, 1.165) is 0 Å². The van der Waals surface area contributed by atoms with E-state index in [1.54, 1.807) is 26.8 Å². The third-order valence-electron chi connectivity index (χ3n) is 2.48. The van der Waals surface area contributed by atoms with Crippen molar-refractivity contribution >= 4 is 18.3 Å². The van der Waals surface area contributed by atoms with Crippen molar-refractivity contribution in [1.29, 1.82) is 0 Å². The smallest absolute Gasteiger partial charge is 0.407 e. The number of aromatic nitrogens is 1. The van der Waals surface area contributed by atoms with Gasteiger partial charge in [-0.25, -0.2) is 14.6 Å². The monoisotopic (exact) mass is 308 g/mol. The summed E-state index contributed by atoms with van der Waals surface area (Å²) in [5.41, 5.74) is 0.306. The second kappa shape index (κ2) is 7.53. The lowest BCUT2D eigenvalue weighted by molar-refractivity contribution is 0.0526. The van der Waals surface area contributed by atoms with Gasteiger partial charge < -0.3 is 14.8 Å². The van der Waals surface area contributed by atoms with Gasteiger partial charge in [-0.05, 0) is 32.9 Å². The van der Waals surface area contributed by atoms with E-state index in [1.165, 1.54) is 13.2 Å². The largest absolute Gasteiger partial charge is 0.464 e. The number of aldehydes is 1. The van der Waals surface area contributed by atoms with Crippen LogP contribution in [0.2, 0.25) is 0 Å².